The molecule has 192 valence electrons. The molecule has 1 heterocycles. The van der Waals surface area contributed by atoms with Crippen LogP contribution in [0.2, 0.25) is 0 Å². The highest BCUT2D eigenvalue weighted by Crippen LogP contribution is 2.54. The molecule has 0 aromatic heterocycles. The van der Waals surface area contributed by atoms with Crippen LogP contribution in [-0.4, -0.2) is 72.5 Å². The Balaban J connectivity index is 0.000000604. The Bertz CT molecular complexity index is 691. The molecule has 0 aromatic rings. The number of ketones is 1. The Kier molecular flexibility index (Phi) is 11.8. The standard InChI is InChI=1S/C12H23O2S.C4HF9O3S/c1-2-3-4-5-6-12(13)11-15-9-7-14-8-10-15;5-1(6,3(9,10)11)2(7,8)4(12,13)17(14,15)16/h2-11H2,1H3;(H,14,15,16)/q+1;/p-1. The van der Waals surface area contributed by atoms with Gasteiger partial charge >= 0.3 is 23.3 Å². The minimum absolute atomic E-state index is 0.344. The largest absolute Gasteiger partial charge is 0.743 e. The zero-order chi connectivity index (χ0) is 25.4. The van der Waals surface area contributed by atoms with E-state index in [1.165, 1.54) is 19.3 Å². The quantitative estimate of drug-likeness (QED) is 0.184. The number of ether oxygens (including phenoxy) is 1. The van der Waals surface area contributed by atoms with Gasteiger partial charge in [-0.3, -0.25) is 4.79 Å². The number of halogens is 9. The number of Topliss-reactive ketones (excluding diaryl/α,β-unsaturated/α-hetero) is 1. The molecule has 0 unspecified atom stereocenters. The maximum atomic E-state index is 12.2. The first-order valence-electron chi connectivity index (χ1n) is 9.22. The predicted molar refractivity (Wildman–Crippen MR) is 97.1 cm³/mol. The molecule has 32 heavy (non-hydrogen) atoms. The molecule has 1 aliphatic rings. The number of carbonyl (C=O) groups excluding carboxylic acids is 1. The van der Waals surface area contributed by atoms with Crippen molar-refractivity contribution >= 4 is 26.8 Å². The summed E-state index contributed by atoms with van der Waals surface area (Å²) in [5.41, 5.74) is 0. The number of hydrogen-bond donors (Lipinski definition) is 0. The van der Waals surface area contributed by atoms with Crippen LogP contribution in [0.15, 0.2) is 0 Å². The van der Waals surface area contributed by atoms with Crippen LogP contribution in [-0.2, 0) is 30.5 Å². The first kappa shape index (κ1) is 31.3. The molecule has 1 aliphatic heterocycles. The maximum absolute atomic E-state index is 12.2. The number of rotatable bonds is 10. The summed E-state index contributed by atoms with van der Waals surface area (Å²) in [6.45, 7) is 3.93. The van der Waals surface area contributed by atoms with E-state index in [4.69, 9.17) is 4.74 Å². The predicted octanol–water partition coefficient (Wildman–Crippen LogP) is 4.13. The molecule has 0 spiro atoms. The molecule has 0 aromatic carbocycles. The fourth-order valence-electron chi connectivity index (χ4n) is 2.27. The third-order valence-electron chi connectivity index (χ3n) is 4.14. The highest BCUT2D eigenvalue weighted by Gasteiger charge is 2.83. The average molecular weight is 530 g/mol. The van der Waals surface area contributed by atoms with Crippen molar-refractivity contribution < 1.29 is 62.0 Å². The first-order chi connectivity index (χ1) is 14.3. The Hall–Kier alpha value is -0.740. The normalized spacial score (nSPS) is 17.0. The van der Waals surface area contributed by atoms with Crippen molar-refractivity contribution in [3.8, 4) is 0 Å². The monoisotopic (exact) mass is 530 g/mol. The van der Waals surface area contributed by atoms with Gasteiger partial charge in [0.15, 0.2) is 21.7 Å². The van der Waals surface area contributed by atoms with Gasteiger partial charge in [0, 0.05) is 6.42 Å². The van der Waals surface area contributed by atoms with E-state index in [9.17, 15) is 57.3 Å². The van der Waals surface area contributed by atoms with Gasteiger partial charge in [-0.05, 0) is 17.3 Å². The van der Waals surface area contributed by atoms with Crippen molar-refractivity contribution in [2.75, 3.05) is 30.5 Å². The highest BCUT2D eigenvalue weighted by molar-refractivity contribution is 7.97. The van der Waals surface area contributed by atoms with Crippen molar-refractivity contribution in [3.05, 3.63) is 0 Å². The van der Waals surface area contributed by atoms with Crippen molar-refractivity contribution in [3.63, 3.8) is 0 Å². The van der Waals surface area contributed by atoms with Gasteiger partial charge in [-0.25, -0.2) is 8.42 Å². The zero-order valence-corrected chi connectivity index (χ0v) is 18.5. The molecule has 0 radical (unpaired) electrons. The van der Waals surface area contributed by atoms with Gasteiger partial charge < -0.3 is 9.29 Å². The Morgan fingerprint density at radius 2 is 1.41 bits per heavy atom. The minimum atomic E-state index is -7.43. The van der Waals surface area contributed by atoms with E-state index in [1.807, 2.05) is 0 Å². The van der Waals surface area contributed by atoms with E-state index < -0.39 is 33.4 Å². The van der Waals surface area contributed by atoms with Crippen molar-refractivity contribution in [2.24, 2.45) is 0 Å². The molecular formula is C16H23F9O5S2. The average Bonchev–Trinajstić information content (AvgIpc) is 2.64. The van der Waals surface area contributed by atoms with Crippen LogP contribution in [0.25, 0.3) is 0 Å². The molecule has 0 aliphatic carbocycles. The number of carbonyl (C=O) groups is 1. The van der Waals surface area contributed by atoms with E-state index in [-0.39, 0.29) is 0 Å². The molecule has 0 bridgehead atoms. The molecule has 16 heteroatoms. The topological polar surface area (TPSA) is 83.5 Å². The molecule has 1 saturated heterocycles. The SMILES string of the molecule is CCCCCCC(=O)C[S+]1CCOCC1.O=S(=O)([O-])C(F)(F)C(F)(F)C(F)(F)C(F)(F)F. The lowest BCUT2D eigenvalue weighted by Crippen LogP contribution is -2.63. The second-order valence-electron chi connectivity index (χ2n) is 6.74. The third kappa shape index (κ3) is 8.24. The minimum Gasteiger partial charge on any atom is -0.743 e. The second kappa shape index (κ2) is 12.1. The van der Waals surface area contributed by atoms with E-state index in [0.29, 0.717) is 16.7 Å². The molecule has 1 fully saturated rings. The lowest BCUT2D eigenvalue weighted by Gasteiger charge is -2.34. The van der Waals surface area contributed by atoms with Crippen molar-refractivity contribution in [1.82, 2.24) is 0 Å². The van der Waals surface area contributed by atoms with Gasteiger partial charge in [0.05, 0.1) is 13.2 Å². The molecule has 1 rings (SSSR count). The fraction of sp³-hybridized carbons (Fsp3) is 0.938. The molecule has 0 amide bonds. The molecule has 0 N–H and O–H groups in total. The van der Waals surface area contributed by atoms with Crippen LogP contribution in [0.5, 0.6) is 0 Å². The number of alkyl halides is 9. The summed E-state index contributed by atoms with van der Waals surface area (Å²) < 4.78 is 141. The van der Waals surface area contributed by atoms with Crippen LogP contribution in [0, 0.1) is 0 Å². The first-order valence-corrected chi connectivity index (χ1v) is 12.4. The molecule has 0 atom stereocenters. The van der Waals surface area contributed by atoms with Gasteiger partial charge in [-0.15, -0.1) is 0 Å². The smallest absolute Gasteiger partial charge is 0.460 e. The van der Waals surface area contributed by atoms with E-state index in [1.54, 1.807) is 0 Å². The fourth-order valence-corrected chi connectivity index (χ4v) is 4.51. The zero-order valence-electron chi connectivity index (χ0n) is 16.8. The van der Waals surface area contributed by atoms with Crippen LogP contribution in [0.4, 0.5) is 39.5 Å². The van der Waals surface area contributed by atoms with E-state index >= 15 is 0 Å². The molecule has 5 nitrogen and oxygen atoms in total. The van der Waals surface area contributed by atoms with Gasteiger partial charge in [0.25, 0.3) is 0 Å². The summed E-state index contributed by atoms with van der Waals surface area (Å²) in [6.07, 6.45) is -1.52. The lowest BCUT2D eigenvalue weighted by atomic mass is 10.1. The van der Waals surface area contributed by atoms with Gasteiger partial charge in [0.2, 0.25) is 0 Å². The summed E-state index contributed by atoms with van der Waals surface area (Å²) in [6, 6.07) is 0. The van der Waals surface area contributed by atoms with Crippen LogP contribution < -0.4 is 0 Å². The summed E-state index contributed by atoms with van der Waals surface area (Å²) in [7, 11) is -7.07. The number of hydrogen-bond acceptors (Lipinski definition) is 5. The van der Waals surface area contributed by atoms with Gasteiger partial charge in [-0.1, -0.05) is 26.2 Å². The van der Waals surface area contributed by atoms with Crippen molar-refractivity contribution in [1.29, 1.82) is 0 Å². The van der Waals surface area contributed by atoms with Crippen molar-refractivity contribution in [2.45, 2.75) is 62.3 Å². The van der Waals surface area contributed by atoms with E-state index in [2.05, 4.69) is 6.92 Å². The third-order valence-corrected chi connectivity index (χ3v) is 7.24. The Morgan fingerprint density at radius 1 is 0.906 bits per heavy atom. The lowest BCUT2D eigenvalue weighted by molar-refractivity contribution is -0.382. The van der Waals surface area contributed by atoms with Crippen LogP contribution >= 0.6 is 0 Å². The van der Waals surface area contributed by atoms with Crippen LogP contribution in [0.3, 0.4) is 0 Å². The Morgan fingerprint density at radius 3 is 1.81 bits per heavy atom. The highest BCUT2D eigenvalue weighted by atomic mass is 32.2. The van der Waals surface area contributed by atoms with Crippen LogP contribution in [0.1, 0.15) is 39.0 Å². The number of unbranched alkanes of at least 4 members (excludes halogenated alkanes) is 3. The summed E-state index contributed by atoms with van der Waals surface area (Å²) >= 11 is 0. The summed E-state index contributed by atoms with van der Waals surface area (Å²) in [5, 5.41) is -7.11. The van der Waals surface area contributed by atoms with Gasteiger partial charge in [-0.2, -0.15) is 39.5 Å². The summed E-state index contributed by atoms with van der Waals surface area (Å²) in [4.78, 5) is 11.6. The van der Waals surface area contributed by atoms with E-state index in [0.717, 1.165) is 43.3 Å². The Labute approximate surface area is 182 Å². The molecule has 0 saturated carbocycles. The second-order valence-corrected chi connectivity index (χ2v) is 10.5. The maximum Gasteiger partial charge on any atom is 0.460 e. The summed E-state index contributed by atoms with van der Waals surface area (Å²) in [5.74, 6) is -11.3. The van der Waals surface area contributed by atoms with Gasteiger partial charge in [0.1, 0.15) is 11.5 Å². The molecular weight excluding hydrogens is 507 g/mol.